The quantitative estimate of drug-likeness (QED) is 0.700. The molecule has 5 heteroatoms. The maximum Gasteiger partial charge on any atom is 0.277 e. The smallest absolute Gasteiger partial charge is 0.277 e. The number of benzene rings is 2. The molecule has 0 aliphatic carbocycles. The third-order valence-corrected chi connectivity index (χ3v) is 5.07. The molecule has 1 atom stereocenters. The molecule has 136 valence electrons. The number of halogens is 1. The fraction of sp³-hybridized carbons (Fsp3) is 0.182. The number of rotatable bonds is 4. The minimum Gasteiger partial charge on any atom is -0.380 e. The monoisotopic (exact) mass is 377 g/mol. The molecule has 27 heavy (non-hydrogen) atoms. The maximum absolute atomic E-state index is 13.0. The van der Waals surface area contributed by atoms with Gasteiger partial charge in [0, 0.05) is 23.3 Å². The van der Waals surface area contributed by atoms with Crippen LogP contribution >= 0.6 is 11.6 Å². The van der Waals surface area contributed by atoms with Crippen molar-refractivity contribution in [3.63, 3.8) is 0 Å². The van der Waals surface area contributed by atoms with Gasteiger partial charge in [0.1, 0.15) is 5.69 Å². The molecule has 2 aromatic carbocycles. The van der Waals surface area contributed by atoms with Crippen molar-refractivity contribution in [2.24, 2.45) is 0 Å². The van der Waals surface area contributed by atoms with E-state index in [0.29, 0.717) is 12.2 Å². The van der Waals surface area contributed by atoms with Gasteiger partial charge in [0.25, 0.3) is 5.91 Å². The Morgan fingerprint density at radius 1 is 1.15 bits per heavy atom. The normalized spacial score (nSPS) is 15.5. The fourth-order valence-electron chi connectivity index (χ4n) is 3.43. The molecule has 1 unspecified atom stereocenters. The molecule has 0 spiro atoms. The summed E-state index contributed by atoms with van der Waals surface area (Å²) in [5, 5.41) is 4.03. The highest BCUT2D eigenvalue weighted by Crippen LogP contribution is 2.32. The lowest BCUT2D eigenvalue weighted by molar-refractivity contribution is 0.0976. The van der Waals surface area contributed by atoms with Gasteiger partial charge in [0.2, 0.25) is 0 Å². The van der Waals surface area contributed by atoms with Gasteiger partial charge in [0.15, 0.2) is 0 Å². The van der Waals surface area contributed by atoms with Crippen LogP contribution in [0.5, 0.6) is 0 Å². The van der Waals surface area contributed by atoms with Gasteiger partial charge in [0.05, 0.1) is 11.9 Å². The topological polar surface area (TPSA) is 45.2 Å². The average Bonchev–Trinajstić information content (AvgIpc) is 3.03. The molecule has 1 N–H and O–H groups in total. The summed E-state index contributed by atoms with van der Waals surface area (Å²) < 4.78 is 0. The number of carbonyl (C=O) groups is 1. The lowest BCUT2D eigenvalue weighted by atomic mass is 10.1. The van der Waals surface area contributed by atoms with E-state index in [1.54, 1.807) is 12.3 Å². The Hall–Kier alpha value is -2.85. The molecule has 0 radical (unpaired) electrons. The first kappa shape index (κ1) is 17.6. The third-order valence-electron chi connectivity index (χ3n) is 4.82. The Morgan fingerprint density at radius 2 is 1.93 bits per heavy atom. The molecular weight excluding hydrogens is 358 g/mol. The van der Waals surface area contributed by atoms with Crippen LogP contribution < -0.4 is 10.2 Å². The van der Waals surface area contributed by atoms with Crippen LogP contribution in [0.4, 0.5) is 11.4 Å². The van der Waals surface area contributed by atoms with Crippen LogP contribution in [-0.4, -0.2) is 16.9 Å². The van der Waals surface area contributed by atoms with Crippen LogP contribution in [0.2, 0.25) is 5.02 Å². The van der Waals surface area contributed by atoms with Gasteiger partial charge in [-0.15, -0.1) is 0 Å². The minimum absolute atomic E-state index is 0.0586. The molecule has 1 aromatic heterocycles. The van der Waals surface area contributed by atoms with Crippen molar-refractivity contribution in [2.45, 2.75) is 25.9 Å². The van der Waals surface area contributed by atoms with Crippen LogP contribution in [0.3, 0.4) is 0 Å². The number of nitrogens with one attached hydrogen (secondary N) is 1. The Bertz CT molecular complexity index is 954. The number of carbonyl (C=O) groups excluding carboxylic acids is 1. The molecule has 1 aliphatic rings. The van der Waals surface area contributed by atoms with Gasteiger partial charge in [-0.1, -0.05) is 41.9 Å². The van der Waals surface area contributed by atoms with E-state index >= 15 is 0 Å². The van der Waals surface area contributed by atoms with Gasteiger partial charge in [-0.25, -0.2) is 4.98 Å². The second-order valence-corrected chi connectivity index (χ2v) is 7.21. The zero-order chi connectivity index (χ0) is 18.8. The van der Waals surface area contributed by atoms with Crippen LogP contribution in [0.1, 0.15) is 28.5 Å². The molecule has 1 aliphatic heterocycles. The number of hydrogen-bond donors (Lipinski definition) is 1. The summed E-state index contributed by atoms with van der Waals surface area (Å²) in [6.45, 7) is 2.74. The van der Waals surface area contributed by atoms with Gasteiger partial charge in [-0.3, -0.25) is 4.79 Å². The van der Waals surface area contributed by atoms with Crippen molar-refractivity contribution in [1.29, 1.82) is 0 Å². The van der Waals surface area contributed by atoms with Gasteiger partial charge in [-0.2, -0.15) is 0 Å². The van der Waals surface area contributed by atoms with Crippen LogP contribution in [0.15, 0.2) is 66.9 Å². The maximum atomic E-state index is 13.0. The Balaban J connectivity index is 1.46. The largest absolute Gasteiger partial charge is 0.380 e. The third kappa shape index (κ3) is 3.67. The van der Waals surface area contributed by atoms with E-state index in [-0.39, 0.29) is 11.9 Å². The zero-order valence-electron chi connectivity index (χ0n) is 15.0. The standard InChI is InChI=1S/C22H20ClN3O/c1-15-12-17-4-2-3-5-21(17)26(15)22(27)20-11-10-19(14-25-20)24-13-16-6-8-18(23)9-7-16/h2-11,14-15,24H,12-13H2,1H3. The van der Waals surface area contributed by atoms with E-state index < -0.39 is 0 Å². The Morgan fingerprint density at radius 3 is 2.67 bits per heavy atom. The molecule has 0 bridgehead atoms. The Labute approximate surface area is 163 Å². The molecule has 2 heterocycles. The van der Waals surface area contributed by atoms with E-state index in [9.17, 15) is 4.79 Å². The predicted molar refractivity (Wildman–Crippen MR) is 109 cm³/mol. The first-order valence-electron chi connectivity index (χ1n) is 8.97. The Kier molecular flexibility index (Phi) is 4.82. The van der Waals surface area contributed by atoms with Gasteiger partial charge >= 0.3 is 0 Å². The van der Waals surface area contributed by atoms with E-state index in [1.807, 2.05) is 53.4 Å². The summed E-state index contributed by atoms with van der Waals surface area (Å²) in [5.74, 6) is -0.0586. The van der Waals surface area contributed by atoms with Gasteiger partial charge in [-0.05, 0) is 54.8 Å². The first-order chi connectivity index (χ1) is 13.1. The van der Waals surface area contributed by atoms with Crippen molar-refractivity contribution in [2.75, 3.05) is 10.2 Å². The second-order valence-electron chi connectivity index (χ2n) is 6.77. The number of fused-ring (bicyclic) bond motifs is 1. The summed E-state index contributed by atoms with van der Waals surface area (Å²) in [5.41, 5.74) is 4.65. The number of hydrogen-bond acceptors (Lipinski definition) is 3. The summed E-state index contributed by atoms with van der Waals surface area (Å²) in [7, 11) is 0. The molecule has 4 rings (SSSR count). The lowest BCUT2D eigenvalue weighted by Gasteiger charge is -2.22. The highest BCUT2D eigenvalue weighted by Gasteiger charge is 2.31. The van der Waals surface area contributed by atoms with E-state index in [1.165, 1.54) is 5.56 Å². The van der Waals surface area contributed by atoms with Crippen LogP contribution in [0, 0.1) is 0 Å². The first-order valence-corrected chi connectivity index (χ1v) is 9.35. The number of para-hydroxylation sites is 1. The van der Waals surface area contributed by atoms with Crippen LogP contribution in [0.25, 0.3) is 0 Å². The van der Waals surface area contributed by atoms with Gasteiger partial charge < -0.3 is 10.2 Å². The minimum atomic E-state index is -0.0586. The summed E-state index contributed by atoms with van der Waals surface area (Å²) >= 11 is 5.91. The number of amides is 1. The molecule has 0 fully saturated rings. The fourth-order valence-corrected chi connectivity index (χ4v) is 3.56. The zero-order valence-corrected chi connectivity index (χ0v) is 15.8. The SMILES string of the molecule is CC1Cc2ccccc2N1C(=O)c1ccc(NCc2ccc(Cl)cc2)cn1. The van der Waals surface area contributed by atoms with Crippen molar-refractivity contribution < 1.29 is 4.79 Å². The number of pyridine rings is 1. The summed E-state index contributed by atoms with van der Waals surface area (Å²) in [6.07, 6.45) is 2.58. The van der Waals surface area contributed by atoms with Crippen molar-refractivity contribution >= 4 is 28.9 Å². The van der Waals surface area contributed by atoms with E-state index in [4.69, 9.17) is 11.6 Å². The summed E-state index contributed by atoms with van der Waals surface area (Å²) in [6, 6.07) is 19.6. The second kappa shape index (κ2) is 7.41. The molecular formula is C22H20ClN3O. The number of nitrogens with zero attached hydrogens (tertiary/aromatic N) is 2. The number of anilines is 2. The van der Waals surface area contributed by atoms with Crippen LogP contribution in [-0.2, 0) is 13.0 Å². The molecule has 1 amide bonds. The van der Waals surface area contributed by atoms with E-state index in [2.05, 4.69) is 23.3 Å². The molecule has 0 saturated carbocycles. The molecule has 4 nitrogen and oxygen atoms in total. The molecule has 0 saturated heterocycles. The van der Waals surface area contributed by atoms with Crippen molar-refractivity contribution in [3.05, 3.63) is 88.7 Å². The van der Waals surface area contributed by atoms with Crippen molar-refractivity contribution in [3.8, 4) is 0 Å². The number of aromatic nitrogens is 1. The highest BCUT2D eigenvalue weighted by atomic mass is 35.5. The highest BCUT2D eigenvalue weighted by molar-refractivity contribution is 6.30. The van der Waals surface area contributed by atoms with Crippen molar-refractivity contribution in [1.82, 2.24) is 4.98 Å². The molecule has 3 aromatic rings. The lowest BCUT2D eigenvalue weighted by Crippen LogP contribution is -2.36. The average molecular weight is 378 g/mol. The predicted octanol–water partition coefficient (Wildman–Crippen LogP) is 4.94. The summed E-state index contributed by atoms with van der Waals surface area (Å²) in [4.78, 5) is 19.2. The van der Waals surface area contributed by atoms with E-state index in [0.717, 1.165) is 28.4 Å².